The minimum absolute atomic E-state index is 0.174. The van der Waals surface area contributed by atoms with Crippen molar-refractivity contribution in [2.24, 2.45) is 29.4 Å². The number of aliphatic hydroxyl groups is 2. The van der Waals surface area contributed by atoms with Crippen LogP contribution < -0.4 is 11.1 Å². The van der Waals surface area contributed by atoms with Gasteiger partial charge in [0.1, 0.15) is 5.78 Å². The smallest absolute Gasteiger partial charge is 0.133 e. The minimum Gasteiger partial charge on any atom is -0.396 e. The van der Waals surface area contributed by atoms with Gasteiger partial charge < -0.3 is 21.3 Å². The van der Waals surface area contributed by atoms with Crippen molar-refractivity contribution in [1.82, 2.24) is 5.32 Å². The fraction of sp³-hybridized carbons (Fsp3) is 0.536. The quantitative estimate of drug-likeness (QED) is 0.531. The van der Waals surface area contributed by atoms with Crippen molar-refractivity contribution in [3.63, 3.8) is 0 Å². The first-order valence-corrected chi connectivity index (χ1v) is 12.2. The summed E-state index contributed by atoms with van der Waals surface area (Å²) in [5.41, 5.74) is 7.87. The maximum absolute atomic E-state index is 10.7. The molecule has 5 N–H and O–H groups in total. The first-order valence-electron chi connectivity index (χ1n) is 12.2. The zero-order chi connectivity index (χ0) is 24.1. The molecule has 0 heterocycles. The van der Waals surface area contributed by atoms with Crippen molar-refractivity contribution < 1.29 is 15.0 Å². The molecule has 0 radical (unpaired) electrons. The van der Waals surface area contributed by atoms with Gasteiger partial charge in [-0.1, -0.05) is 74.5 Å². The number of Topliss-reactive ketones (excluding diaryl/α,β-unsaturated/α-hetero) is 1. The van der Waals surface area contributed by atoms with Crippen LogP contribution in [0.2, 0.25) is 0 Å². The molecule has 0 amide bonds. The molecule has 0 spiro atoms. The largest absolute Gasteiger partial charge is 0.396 e. The summed E-state index contributed by atoms with van der Waals surface area (Å²) in [6.07, 6.45) is 3.57. The van der Waals surface area contributed by atoms with Crippen LogP contribution in [0.1, 0.15) is 50.7 Å². The topological polar surface area (TPSA) is 95.6 Å². The summed E-state index contributed by atoms with van der Waals surface area (Å²) in [7, 11) is 0. The number of hydrogen-bond acceptors (Lipinski definition) is 5. The molecular weight excluding hydrogens is 412 g/mol. The fourth-order valence-corrected chi connectivity index (χ4v) is 4.58. The SMILES string of the molecule is C[C@H]1CC(=O)C[C@@H]1CO.C[C@H]1CC(NCc2ccccc2)C[C@@H]1CO.NCc1ccccc1. The molecule has 5 nitrogen and oxygen atoms in total. The average molecular weight is 455 g/mol. The highest BCUT2D eigenvalue weighted by Crippen LogP contribution is 2.31. The molecule has 0 bridgehead atoms. The third-order valence-electron chi connectivity index (χ3n) is 6.88. The molecule has 2 aromatic carbocycles. The van der Waals surface area contributed by atoms with Crippen LogP contribution in [-0.2, 0) is 17.9 Å². The second-order valence-electron chi connectivity index (χ2n) is 9.51. The predicted molar refractivity (Wildman–Crippen MR) is 134 cm³/mol. The molecule has 1 unspecified atom stereocenters. The molecule has 2 aromatic rings. The lowest BCUT2D eigenvalue weighted by atomic mass is 10.00. The Morgan fingerprint density at radius 2 is 1.39 bits per heavy atom. The third-order valence-corrected chi connectivity index (χ3v) is 6.88. The maximum atomic E-state index is 10.7. The van der Waals surface area contributed by atoms with Gasteiger partial charge in [0.2, 0.25) is 0 Å². The van der Waals surface area contributed by atoms with Gasteiger partial charge in [-0.25, -0.2) is 0 Å². The van der Waals surface area contributed by atoms with Crippen molar-refractivity contribution in [3.05, 3.63) is 71.8 Å². The van der Waals surface area contributed by atoms with Gasteiger partial charge in [-0.2, -0.15) is 0 Å². The number of benzene rings is 2. The number of nitrogens with two attached hydrogens (primary N) is 1. The van der Waals surface area contributed by atoms with Gasteiger partial charge in [-0.15, -0.1) is 0 Å². The number of hydrogen-bond donors (Lipinski definition) is 4. The van der Waals surface area contributed by atoms with Crippen LogP contribution >= 0.6 is 0 Å². The first-order chi connectivity index (χ1) is 16.0. The number of carbonyl (C=O) groups is 1. The Hall–Kier alpha value is -2.05. The zero-order valence-corrected chi connectivity index (χ0v) is 20.2. The van der Waals surface area contributed by atoms with Gasteiger partial charge in [0.25, 0.3) is 0 Å². The van der Waals surface area contributed by atoms with E-state index < -0.39 is 0 Å². The van der Waals surface area contributed by atoms with Crippen molar-refractivity contribution in [2.75, 3.05) is 13.2 Å². The van der Waals surface area contributed by atoms with Gasteiger partial charge in [0.05, 0.1) is 0 Å². The zero-order valence-electron chi connectivity index (χ0n) is 20.2. The first kappa shape index (κ1) is 27.2. The second-order valence-corrected chi connectivity index (χ2v) is 9.51. The van der Waals surface area contributed by atoms with E-state index in [0.717, 1.165) is 13.0 Å². The predicted octanol–water partition coefficient (Wildman–Crippen LogP) is 3.92. The van der Waals surface area contributed by atoms with E-state index in [9.17, 15) is 9.90 Å². The number of aliphatic hydroxyl groups excluding tert-OH is 2. The highest BCUT2D eigenvalue weighted by Gasteiger charge is 2.30. The van der Waals surface area contributed by atoms with E-state index in [-0.39, 0.29) is 12.5 Å². The Balaban J connectivity index is 0.000000192. The summed E-state index contributed by atoms with van der Waals surface area (Å²) in [6, 6.07) is 21.1. The summed E-state index contributed by atoms with van der Waals surface area (Å²) in [5, 5.41) is 21.5. The number of carbonyl (C=O) groups excluding carboxylic acids is 1. The Morgan fingerprint density at radius 1 is 0.818 bits per heavy atom. The average Bonchev–Trinajstić information content (AvgIpc) is 3.39. The van der Waals surface area contributed by atoms with Crippen LogP contribution in [0.25, 0.3) is 0 Å². The molecule has 0 aliphatic heterocycles. The third kappa shape index (κ3) is 9.76. The number of rotatable bonds is 6. The van der Waals surface area contributed by atoms with Gasteiger partial charge in [-0.05, 0) is 47.6 Å². The molecule has 182 valence electrons. The van der Waals surface area contributed by atoms with Crippen LogP contribution in [0.15, 0.2) is 60.7 Å². The molecule has 2 aliphatic carbocycles. The van der Waals surface area contributed by atoms with E-state index in [1.165, 1.54) is 17.5 Å². The summed E-state index contributed by atoms with van der Waals surface area (Å²) in [6.45, 7) is 6.35. The number of ketones is 1. The van der Waals surface area contributed by atoms with Crippen molar-refractivity contribution in [1.29, 1.82) is 0 Å². The van der Waals surface area contributed by atoms with Crippen LogP contribution in [0, 0.1) is 23.7 Å². The van der Waals surface area contributed by atoms with Crippen LogP contribution in [0.3, 0.4) is 0 Å². The van der Waals surface area contributed by atoms with E-state index in [4.69, 9.17) is 10.8 Å². The van der Waals surface area contributed by atoms with E-state index in [1.54, 1.807) is 0 Å². The lowest BCUT2D eigenvalue weighted by Crippen LogP contribution is -2.26. The normalized spacial score (nSPS) is 26.2. The van der Waals surface area contributed by atoms with Crippen LogP contribution in [-0.4, -0.2) is 35.3 Å². The molecule has 0 aromatic heterocycles. The van der Waals surface area contributed by atoms with Gasteiger partial charge in [0.15, 0.2) is 0 Å². The number of nitrogens with one attached hydrogen (secondary N) is 1. The van der Waals surface area contributed by atoms with E-state index in [2.05, 4.69) is 36.5 Å². The standard InChI is InChI=1S/C14H21NO.C7H9N.C7H12O2/c1-11-7-14(8-13(11)10-16)15-9-12-5-3-2-4-6-12;8-6-7-4-2-1-3-5-7;1-5-2-7(9)3-6(5)4-8/h2-6,11,13-16H,7-10H2,1H3;1-5H,6,8H2;5-6,8H,2-4H2,1H3/t11-,13+,14?;;5-,6+/m0.0/s1. The molecule has 5 atom stereocenters. The molecule has 33 heavy (non-hydrogen) atoms. The summed E-state index contributed by atoms with van der Waals surface area (Å²) in [4.78, 5) is 10.7. The molecule has 2 fully saturated rings. The van der Waals surface area contributed by atoms with Crippen LogP contribution in [0.4, 0.5) is 0 Å². The molecule has 5 heteroatoms. The van der Waals surface area contributed by atoms with Crippen molar-refractivity contribution in [3.8, 4) is 0 Å². The van der Waals surface area contributed by atoms with Gasteiger partial charge in [-0.3, -0.25) is 4.79 Å². The van der Waals surface area contributed by atoms with E-state index in [1.807, 2.05) is 43.3 Å². The molecule has 4 rings (SSSR count). The Kier molecular flexibility index (Phi) is 12.3. The highest BCUT2D eigenvalue weighted by atomic mass is 16.3. The maximum Gasteiger partial charge on any atom is 0.133 e. The summed E-state index contributed by atoms with van der Waals surface area (Å²) < 4.78 is 0. The molecular formula is C28H42N2O3. The Labute approximate surface area is 199 Å². The molecule has 2 aliphatic rings. The minimum atomic E-state index is 0.174. The van der Waals surface area contributed by atoms with Crippen LogP contribution in [0.5, 0.6) is 0 Å². The van der Waals surface area contributed by atoms with E-state index in [0.29, 0.717) is 55.6 Å². The van der Waals surface area contributed by atoms with Gasteiger partial charge >= 0.3 is 0 Å². The second kappa shape index (κ2) is 15.0. The lowest BCUT2D eigenvalue weighted by Gasteiger charge is -2.12. The molecule has 0 saturated heterocycles. The highest BCUT2D eigenvalue weighted by molar-refractivity contribution is 5.81. The monoisotopic (exact) mass is 454 g/mol. The summed E-state index contributed by atoms with van der Waals surface area (Å²) >= 11 is 0. The molecule has 2 saturated carbocycles. The van der Waals surface area contributed by atoms with E-state index >= 15 is 0 Å². The summed E-state index contributed by atoms with van der Waals surface area (Å²) in [5.74, 6) is 2.10. The van der Waals surface area contributed by atoms with Crippen molar-refractivity contribution in [2.45, 2.75) is 58.7 Å². The Morgan fingerprint density at radius 3 is 1.79 bits per heavy atom. The fourth-order valence-electron chi connectivity index (χ4n) is 4.58. The van der Waals surface area contributed by atoms with Gasteiger partial charge in [0, 0.05) is 45.2 Å². The van der Waals surface area contributed by atoms with Crippen molar-refractivity contribution >= 4 is 5.78 Å². The Bertz CT molecular complexity index is 784. The lowest BCUT2D eigenvalue weighted by molar-refractivity contribution is -0.117.